The largest absolute Gasteiger partial charge is 0.494 e. The Morgan fingerprint density at radius 1 is 1.07 bits per heavy atom. The molecule has 146 valence electrons. The molecular weight excluding hydrogens is 378 g/mol. The van der Waals surface area contributed by atoms with E-state index in [-0.39, 0.29) is 11.9 Å². The smallest absolute Gasteiger partial charge is 0.336 e. The topological polar surface area (TPSA) is 66.2 Å². The summed E-state index contributed by atoms with van der Waals surface area (Å²) in [6.07, 6.45) is 2.05. The second-order valence-electron chi connectivity index (χ2n) is 6.07. The van der Waals surface area contributed by atoms with Gasteiger partial charge >= 0.3 is 6.01 Å². The highest BCUT2D eigenvalue weighted by Crippen LogP contribution is 2.28. The van der Waals surface area contributed by atoms with Gasteiger partial charge in [0.15, 0.2) is 5.82 Å². The summed E-state index contributed by atoms with van der Waals surface area (Å²) < 4.78 is 12.3. The van der Waals surface area contributed by atoms with Crippen LogP contribution in [0, 0.1) is 0 Å². The quantitative estimate of drug-likeness (QED) is 0.506. The lowest BCUT2D eigenvalue weighted by Gasteiger charge is -2.08. The van der Waals surface area contributed by atoms with Gasteiger partial charge in [-0.2, -0.15) is 9.67 Å². The van der Waals surface area contributed by atoms with E-state index in [9.17, 15) is 4.79 Å². The van der Waals surface area contributed by atoms with E-state index in [1.54, 1.807) is 36.4 Å². The molecule has 0 unspecified atom stereocenters. The number of carbonyl (C=O) groups excluding carboxylic acids is 1. The number of unbranched alkanes of at least 4 members (excludes halogenated alkanes) is 1. The SMILES string of the molecule is CCCCOc1ccc(C(=O)n2nc(OCC)nc2-c2ccccc2Cl)cc1. The number of nitrogens with zero attached hydrogens (tertiary/aromatic N) is 3. The maximum absolute atomic E-state index is 13.1. The molecule has 0 aliphatic rings. The summed E-state index contributed by atoms with van der Waals surface area (Å²) in [7, 11) is 0. The lowest BCUT2D eigenvalue weighted by atomic mass is 10.2. The van der Waals surface area contributed by atoms with Gasteiger partial charge in [0, 0.05) is 11.1 Å². The van der Waals surface area contributed by atoms with E-state index >= 15 is 0 Å². The van der Waals surface area contributed by atoms with Crippen LogP contribution in [0.3, 0.4) is 0 Å². The minimum Gasteiger partial charge on any atom is -0.494 e. The van der Waals surface area contributed by atoms with Crippen LogP contribution in [0.1, 0.15) is 37.0 Å². The van der Waals surface area contributed by atoms with Crippen molar-refractivity contribution in [1.29, 1.82) is 0 Å². The molecule has 0 aliphatic carbocycles. The third kappa shape index (κ3) is 4.51. The fourth-order valence-electron chi connectivity index (χ4n) is 2.59. The number of benzene rings is 2. The Balaban J connectivity index is 1.91. The lowest BCUT2D eigenvalue weighted by Crippen LogP contribution is -2.15. The van der Waals surface area contributed by atoms with E-state index in [1.807, 2.05) is 19.1 Å². The highest BCUT2D eigenvalue weighted by Gasteiger charge is 2.21. The molecule has 28 heavy (non-hydrogen) atoms. The molecular formula is C21H22ClN3O3. The van der Waals surface area contributed by atoms with Gasteiger partial charge in [-0.25, -0.2) is 0 Å². The summed E-state index contributed by atoms with van der Waals surface area (Å²) in [5.74, 6) is 0.737. The molecule has 0 saturated carbocycles. The fourth-order valence-corrected chi connectivity index (χ4v) is 2.81. The van der Waals surface area contributed by atoms with Gasteiger partial charge in [0.2, 0.25) is 0 Å². The van der Waals surface area contributed by atoms with Crippen LogP contribution >= 0.6 is 11.6 Å². The summed E-state index contributed by atoms with van der Waals surface area (Å²) in [5.41, 5.74) is 1.07. The molecule has 0 bridgehead atoms. The number of hydrogen-bond acceptors (Lipinski definition) is 5. The van der Waals surface area contributed by atoms with Crippen molar-refractivity contribution in [3.63, 3.8) is 0 Å². The van der Waals surface area contributed by atoms with E-state index < -0.39 is 0 Å². The van der Waals surface area contributed by atoms with Crippen molar-refractivity contribution in [3.8, 4) is 23.1 Å². The summed E-state index contributed by atoms with van der Waals surface area (Å²) in [4.78, 5) is 17.4. The Morgan fingerprint density at radius 2 is 1.82 bits per heavy atom. The summed E-state index contributed by atoms with van der Waals surface area (Å²) >= 11 is 6.30. The van der Waals surface area contributed by atoms with Crippen molar-refractivity contribution >= 4 is 17.5 Å². The zero-order valence-electron chi connectivity index (χ0n) is 15.9. The maximum atomic E-state index is 13.1. The van der Waals surface area contributed by atoms with E-state index in [2.05, 4.69) is 17.0 Å². The second-order valence-corrected chi connectivity index (χ2v) is 6.48. The van der Waals surface area contributed by atoms with E-state index in [4.69, 9.17) is 21.1 Å². The molecule has 0 radical (unpaired) electrons. The van der Waals surface area contributed by atoms with E-state index in [0.29, 0.717) is 35.2 Å². The van der Waals surface area contributed by atoms with Crippen molar-refractivity contribution in [2.45, 2.75) is 26.7 Å². The van der Waals surface area contributed by atoms with Gasteiger partial charge < -0.3 is 9.47 Å². The highest BCUT2D eigenvalue weighted by molar-refractivity contribution is 6.33. The molecule has 0 fully saturated rings. The Labute approximate surface area is 169 Å². The normalized spacial score (nSPS) is 10.7. The minimum absolute atomic E-state index is 0.130. The number of halogens is 1. The summed E-state index contributed by atoms with van der Waals surface area (Å²) in [5, 5.41) is 4.70. The van der Waals surface area contributed by atoms with E-state index in [0.717, 1.165) is 18.6 Å². The van der Waals surface area contributed by atoms with Gasteiger partial charge in [-0.05, 0) is 49.7 Å². The predicted octanol–water partition coefficient (Wildman–Crippen LogP) is 4.86. The lowest BCUT2D eigenvalue weighted by molar-refractivity contribution is 0.0945. The number of rotatable bonds is 8. The van der Waals surface area contributed by atoms with Crippen LogP contribution in [0.2, 0.25) is 5.02 Å². The molecule has 0 N–H and O–H groups in total. The molecule has 6 nitrogen and oxygen atoms in total. The first-order valence-electron chi connectivity index (χ1n) is 9.26. The molecule has 3 aromatic rings. The van der Waals surface area contributed by atoms with Gasteiger partial charge in [-0.3, -0.25) is 4.79 Å². The number of hydrogen-bond donors (Lipinski definition) is 0. The second kappa shape index (κ2) is 9.37. The highest BCUT2D eigenvalue weighted by atomic mass is 35.5. The van der Waals surface area contributed by atoms with Crippen LogP contribution in [-0.4, -0.2) is 33.9 Å². The Kier molecular flexibility index (Phi) is 6.66. The zero-order valence-corrected chi connectivity index (χ0v) is 16.6. The molecule has 1 heterocycles. The van der Waals surface area contributed by atoms with Crippen molar-refractivity contribution in [2.75, 3.05) is 13.2 Å². The number of carbonyl (C=O) groups is 1. The first-order valence-corrected chi connectivity index (χ1v) is 9.64. The Bertz CT molecular complexity index is 938. The first-order chi connectivity index (χ1) is 13.6. The van der Waals surface area contributed by atoms with Gasteiger partial charge in [0.1, 0.15) is 5.75 Å². The molecule has 0 amide bonds. The van der Waals surface area contributed by atoms with Crippen LogP contribution < -0.4 is 9.47 Å². The number of aromatic nitrogens is 3. The van der Waals surface area contributed by atoms with Crippen LogP contribution in [0.4, 0.5) is 0 Å². The number of ether oxygens (including phenoxy) is 2. The van der Waals surface area contributed by atoms with Gasteiger partial charge in [-0.15, -0.1) is 5.10 Å². The van der Waals surface area contributed by atoms with Crippen LogP contribution in [0.5, 0.6) is 11.8 Å². The van der Waals surface area contributed by atoms with Crippen molar-refractivity contribution < 1.29 is 14.3 Å². The van der Waals surface area contributed by atoms with Gasteiger partial charge in [-0.1, -0.05) is 37.1 Å². The molecule has 0 aliphatic heterocycles. The average molecular weight is 400 g/mol. The van der Waals surface area contributed by atoms with Crippen molar-refractivity contribution in [1.82, 2.24) is 14.8 Å². The standard InChI is InChI=1S/C21H22ClN3O3/c1-3-5-14-28-16-12-10-15(11-13-16)20(26)25-19(23-21(24-25)27-4-2)17-8-6-7-9-18(17)22/h6-13H,3-5,14H2,1-2H3. The summed E-state index contributed by atoms with van der Waals surface area (Å²) in [6, 6.07) is 14.3. The van der Waals surface area contributed by atoms with Crippen LogP contribution in [-0.2, 0) is 0 Å². The third-order valence-electron chi connectivity index (χ3n) is 4.04. The Morgan fingerprint density at radius 3 is 2.50 bits per heavy atom. The Hall–Kier alpha value is -2.86. The molecule has 0 atom stereocenters. The van der Waals surface area contributed by atoms with E-state index in [1.165, 1.54) is 4.68 Å². The van der Waals surface area contributed by atoms with Crippen LogP contribution in [0.25, 0.3) is 11.4 Å². The van der Waals surface area contributed by atoms with Gasteiger partial charge in [0.25, 0.3) is 5.91 Å². The monoisotopic (exact) mass is 399 g/mol. The first kappa shape index (κ1) is 19.9. The van der Waals surface area contributed by atoms with Gasteiger partial charge in [0.05, 0.1) is 18.2 Å². The maximum Gasteiger partial charge on any atom is 0.336 e. The fraction of sp³-hybridized carbons (Fsp3) is 0.286. The third-order valence-corrected chi connectivity index (χ3v) is 4.37. The molecule has 1 aromatic heterocycles. The van der Waals surface area contributed by atoms with Crippen molar-refractivity contribution in [2.24, 2.45) is 0 Å². The molecule has 0 saturated heterocycles. The molecule has 2 aromatic carbocycles. The zero-order chi connectivity index (χ0) is 19.9. The molecule has 0 spiro atoms. The predicted molar refractivity (Wildman–Crippen MR) is 108 cm³/mol. The van der Waals surface area contributed by atoms with Crippen LogP contribution in [0.15, 0.2) is 48.5 Å². The summed E-state index contributed by atoms with van der Waals surface area (Å²) in [6.45, 7) is 4.98. The van der Waals surface area contributed by atoms with Crippen molar-refractivity contribution in [3.05, 3.63) is 59.1 Å². The molecule has 7 heteroatoms. The minimum atomic E-state index is -0.325. The molecule has 3 rings (SSSR count). The average Bonchev–Trinajstić information content (AvgIpc) is 3.12.